The van der Waals surface area contributed by atoms with Crippen LogP contribution in [0.3, 0.4) is 0 Å². The first-order valence-electron chi connectivity index (χ1n) is 11.8. The number of halogens is 1. The van der Waals surface area contributed by atoms with E-state index in [1.165, 1.54) is 37.7 Å². The molecule has 3 atom stereocenters. The van der Waals surface area contributed by atoms with Crippen molar-refractivity contribution in [1.82, 2.24) is 4.90 Å². The summed E-state index contributed by atoms with van der Waals surface area (Å²) in [5.41, 5.74) is 2.13. The van der Waals surface area contributed by atoms with Crippen molar-refractivity contribution in [3.05, 3.63) is 23.3 Å². The molecule has 1 aromatic carbocycles. The Morgan fingerprint density at radius 1 is 1.13 bits per heavy atom. The Hall–Kier alpha value is -0.930. The van der Waals surface area contributed by atoms with Gasteiger partial charge in [0.2, 0.25) is 0 Å². The van der Waals surface area contributed by atoms with Gasteiger partial charge in [-0.1, -0.05) is 46.5 Å². The topological polar surface area (TPSA) is 32.7 Å². The molecule has 2 aliphatic rings. The molecule has 1 aliphatic carbocycles. The van der Waals surface area contributed by atoms with E-state index in [-0.39, 0.29) is 23.4 Å². The Kier molecular flexibility index (Phi) is 8.18. The van der Waals surface area contributed by atoms with Gasteiger partial charge < -0.3 is 14.7 Å². The lowest BCUT2D eigenvalue weighted by Gasteiger charge is -2.50. The van der Waals surface area contributed by atoms with Crippen molar-refractivity contribution in [2.24, 2.45) is 5.92 Å². The van der Waals surface area contributed by atoms with Crippen molar-refractivity contribution in [2.75, 3.05) is 14.1 Å². The summed E-state index contributed by atoms with van der Waals surface area (Å²) in [6.45, 7) is 11.3. The quantitative estimate of drug-likeness (QED) is 0.464. The average molecular weight is 438 g/mol. The van der Waals surface area contributed by atoms with E-state index in [0.717, 1.165) is 30.6 Å². The third-order valence-corrected chi connectivity index (χ3v) is 7.75. The molecule has 3 nitrogen and oxygen atoms in total. The summed E-state index contributed by atoms with van der Waals surface area (Å²) < 4.78 is 6.57. The minimum Gasteiger partial charge on any atom is -0.508 e. The third kappa shape index (κ3) is 5.10. The molecule has 1 fully saturated rings. The summed E-state index contributed by atoms with van der Waals surface area (Å²) in [6.07, 6.45) is 9.70. The zero-order chi connectivity index (χ0) is 21.4. The van der Waals surface area contributed by atoms with Gasteiger partial charge in [-0.25, -0.2) is 0 Å². The van der Waals surface area contributed by atoms with Gasteiger partial charge in [0.05, 0.1) is 0 Å². The summed E-state index contributed by atoms with van der Waals surface area (Å²) >= 11 is 0. The van der Waals surface area contributed by atoms with Crippen LogP contribution in [0.1, 0.15) is 103 Å². The van der Waals surface area contributed by atoms with Gasteiger partial charge in [-0.2, -0.15) is 0 Å². The van der Waals surface area contributed by atoms with Crippen molar-refractivity contribution in [3.63, 3.8) is 0 Å². The number of rotatable bonds is 7. The zero-order valence-corrected chi connectivity index (χ0v) is 21.1. The van der Waals surface area contributed by atoms with E-state index in [4.69, 9.17) is 4.74 Å². The van der Waals surface area contributed by atoms with Crippen LogP contribution >= 0.6 is 12.4 Å². The Labute approximate surface area is 191 Å². The molecule has 0 radical (unpaired) electrons. The second kappa shape index (κ2) is 9.69. The fourth-order valence-corrected chi connectivity index (χ4v) is 5.73. The molecule has 0 aromatic heterocycles. The molecule has 0 saturated heterocycles. The normalized spacial score (nSPS) is 25.1. The maximum Gasteiger partial charge on any atom is 0.127 e. The number of ether oxygens (including phenoxy) is 1. The third-order valence-electron chi connectivity index (χ3n) is 7.75. The molecule has 4 heteroatoms. The lowest BCUT2D eigenvalue weighted by atomic mass is 9.64. The predicted octanol–water partition coefficient (Wildman–Crippen LogP) is 7.05. The van der Waals surface area contributed by atoms with Gasteiger partial charge in [-0.05, 0) is 82.7 Å². The van der Waals surface area contributed by atoms with E-state index in [2.05, 4.69) is 59.7 Å². The van der Waals surface area contributed by atoms with E-state index in [9.17, 15) is 5.11 Å². The van der Waals surface area contributed by atoms with Gasteiger partial charge in [0, 0.05) is 17.5 Å². The Balaban J connectivity index is 0.00000320. The van der Waals surface area contributed by atoms with Crippen LogP contribution in [0.25, 0.3) is 0 Å². The van der Waals surface area contributed by atoms with Crippen molar-refractivity contribution in [2.45, 2.75) is 109 Å². The van der Waals surface area contributed by atoms with Crippen LogP contribution in [0.4, 0.5) is 0 Å². The van der Waals surface area contributed by atoms with Crippen LogP contribution in [0.15, 0.2) is 12.1 Å². The zero-order valence-electron chi connectivity index (χ0n) is 20.3. The summed E-state index contributed by atoms with van der Waals surface area (Å²) in [7, 11) is 4.36. The van der Waals surface area contributed by atoms with E-state index in [1.807, 2.05) is 6.07 Å². The van der Waals surface area contributed by atoms with Crippen molar-refractivity contribution in [1.29, 1.82) is 0 Å². The lowest BCUT2D eigenvalue weighted by molar-refractivity contribution is -0.0195. The first-order chi connectivity index (χ1) is 13.6. The van der Waals surface area contributed by atoms with Crippen LogP contribution in [-0.4, -0.2) is 35.7 Å². The molecule has 3 rings (SSSR count). The molecule has 0 amide bonds. The summed E-state index contributed by atoms with van der Waals surface area (Å²) in [4.78, 5) is 2.35. The number of phenolic OH excluding ortho intramolecular Hbond substituents is 1. The lowest BCUT2D eigenvalue weighted by Crippen LogP contribution is -2.49. The highest BCUT2D eigenvalue weighted by Gasteiger charge is 2.48. The molecule has 30 heavy (non-hydrogen) atoms. The largest absolute Gasteiger partial charge is 0.508 e. The number of fused-ring (bicyclic) bond motifs is 3. The molecular formula is C26H44ClNO2. The van der Waals surface area contributed by atoms with Crippen molar-refractivity contribution < 1.29 is 9.84 Å². The molecule has 1 heterocycles. The molecule has 1 aromatic rings. The standard InChI is InChI=1S/C26H43NO2.ClH/c1-8-9-10-11-14-25(2,3)18-15-22(28)24-20-17-19(27(6)7)12-13-21(20)26(4,5)29-23(24)16-18;/h15-16,19-21,28H,8-14,17H2,1-7H3;1H/t19?,20-,21-;/m1./s1. The van der Waals surface area contributed by atoms with Gasteiger partial charge in [0.1, 0.15) is 17.1 Å². The second-order valence-corrected chi connectivity index (χ2v) is 11.0. The highest BCUT2D eigenvalue weighted by atomic mass is 35.5. The summed E-state index contributed by atoms with van der Waals surface area (Å²) in [5.74, 6) is 2.21. The molecule has 0 bridgehead atoms. The smallest absolute Gasteiger partial charge is 0.127 e. The Morgan fingerprint density at radius 2 is 1.83 bits per heavy atom. The Bertz CT molecular complexity index is 713. The molecule has 172 valence electrons. The number of nitrogens with zero attached hydrogens (tertiary/aromatic N) is 1. The van der Waals surface area contributed by atoms with Crippen LogP contribution in [0.5, 0.6) is 11.5 Å². The van der Waals surface area contributed by atoms with Gasteiger partial charge in [0.25, 0.3) is 0 Å². The SMILES string of the molecule is CCCCCCC(C)(C)c1cc(O)c2c(c1)OC(C)(C)[C@@H]1CCC(N(C)C)C[C@@H]21.Cl. The van der Waals surface area contributed by atoms with Crippen LogP contribution < -0.4 is 4.74 Å². The number of aromatic hydroxyl groups is 1. The maximum absolute atomic E-state index is 11.2. The minimum atomic E-state index is -0.189. The van der Waals surface area contributed by atoms with Gasteiger partial charge in [-0.3, -0.25) is 0 Å². The molecule has 1 unspecified atom stereocenters. The van der Waals surface area contributed by atoms with E-state index < -0.39 is 0 Å². The minimum absolute atomic E-state index is 0. The van der Waals surface area contributed by atoms with E-state index in [0.29, 0.717) is 23.6 Å². The summed E-state index contributed by atoms with van der Waals surface area (Å²) in [6, 6.07) is 4.86. The molecular weight excluding hydrogens is 394 g/mol. The Morgan fingerprint density at radius 3 is 2.47 bits per heavy atom. The maximum atomic E-state index is 11.2. The van der Waals surface area contributed by atoms with Gasteiger partial charge in [-0.15, -0.1) is 12.4 Å². The monoisotopic (exact) mass is 437 g/mol. The van der Waals surface area contributed by atoms with E-state index in [1.54, 1.807) is 0 Å². The second-order valence-electron chi connectivity index (χ2n) is 11.0. The van der Waals surface area contributed by atoms with E-state index >= 15 is 0 Å². The molecule has 0 spiro atoms. The highest BCUT2D eigenvalue weighted by Crippen LogP contribution is 2.55. The first-order valence-corrected chi connectivity index (χ1v) is 11.8. The number of hydrogen-bond acceptors (Lipinski definition) is 3. The number of unbranched alkanes of at least 4 members (excludes halogenated alkanes) is 3. The van der Waals surface area contributed by atoms with Crippen molar-refractivity contribution >= 4 is 12.4 Å². The van der Waals surface area contributed by atoms with Crippen LogP contribution in [0, 0.1) is 5.92 Å². The average Bonchev–Trinajstić information content (AvgIpc) is 2.64. The highest BCUT2D eigenvalue weighted by molar-refractivity contribution is 5.85. The van der Waals surface area contributed by atoms with Gasteiger partial charge >= 0.3 is 0 Å². The molecule has 1 aliphatic heterocycles. The number of hydrogen-bond donors (Lipinski definition) is 1. The first kappa shape index (κ1) is 25.3. The fraction of sp³-hybridized carbons (Fsp3) is 0.769. The summed E-state index contributed by atoms with van der Waals surface area (Å²) in [5, 5.41) is 11.2. The number of benzene rings is 1. The molecule has 1 N–H and O–H groups in total. The van der Waals surface area contributed by atoms with Gasteiger partial charge in [0.15, 0.2) is 0 Å². The number of phenols is 1. The van der Waals surface area contributed by atoms with Crippen LogP contribution in [0.2, 0.25) is 0 Å². The predicted molar refractivity (Wildman–Crippen MR) is 129 cm³/mol. The molecule has 1 saturated carbocycles. The van der Waals surface area contributed by atoms with Crippen molar-refractivity contribution in [3.8, 4) is 11.5 Å². The fourth-order valence-electron chi connectivity index (χ4n) is 5.73. The van der Waals surface area contributed by atoms with Crippen LogP contribution in [-0.2, 0) is 5.41 Å².